The highest BCUT2D eigenvalue weighted by Gasteiger charge is 2.24. The first-order chi connectivity index (χ1) is 10.7. The van der Waals surface area contributed by atoms with Gasteiger partial charge in [-0.05, 0) is 42.0 Å². The number of fused-ring (bicyclic) bond motifs is 1. The van der Waals surface area contributed by atoms with E-state index < -0.39 is 0 Å². The molecule has 0 saturated heterocycles. The quantitative estimate of drug-likeness (QED) is 0.859. The Morgan fingerprint density at radius 1 is 1.17 bits per heavy atom. The molecule has 1 aliphatic rings. The van der Waals surface area contributed by atoms with Crippen molar-refractivity contribution >= 4 is 29.7 Å². The minimum atomic E-state index is 0. The summed E-state index contributed by atoms with van der Waals surface area (Å²) in [4.78, 5) is 14.7. The van der Waals surface area contributed by atoms with Gasteiger partial charge in [-0.1, -0.05) is 43.3 Å². The van der Waals surface area contributed by atoms with Crippen LogP contribution in [0.1, 0.15) is 36.8 Å². The van der Waals surface area contributed by atoms with Gasteiger partial charge < -0.3 is 10.6 Å². The largest absolute Gasteiger partial charge is 0.398 e. The molecule has 2 N–H and O–H groups in total. The van der Waals surface area contributed by atoms with E-state index in [1.165, 1.54) is 5.56 Å². The Hall–Kier alpha value is -2.00. The van der Waals surface area contributed by atoms with Crippen molar-refractivity contribution in [1.29, 1.82) is 0 Å². The molecule has 23 heavy (non-hydrogen) atoms. The SMILES string of the molecule is CC(CC(=O)N1CCCc2c(N)cccc21)c1ccccc1.Cl. The average Bonchev–Trinajstić information content (AvgIpc) is 2.55. The summed E-state index contributed by atoms with van der Waals surface area (Å²) >= 11 is 0. The second-order valence-corrected chi connectivity index (χ2v) is 6.01. The predicted molar refractivity (Wildman–Crippen MR) is 98.3 cm³/mol. The Balaban J connectivity index is 0.00000192. The van der Waals surface area contributed by atoms with E-state index in [1.807, 2.05) is 41.3 Å². The molecule has 122 valence electrons. The maximum Gasteiger partial charge on any atom is 0.227 e. The van der Waals surface area contributed by atoms with Gasteiger partial charge in [-0.25, -0.2) is 0 Å². The number of carbonyl (C=O) groups excluding carboxylic acids is 1. The third-order valence-corrected chi connectivity index (χ3v) is 4.44. The van der Waals surface area contributed by atoms with Crippen molar-refractivity contribution < 1.29 is 4.79 Å². The van der Waals surface area contributed by atoms with Crippen LogP contribution in [0.5, 0.6) is 0 Å². The lowest BCUT2D eigenvalue weighted by Crippen LogP contribution is -2.36. The summed E-state index contributed by atoms with van der Waals surface area (Å²) in [6.45, 7) is 2.90. The van der Waals surface area contributed by atoms with Crippen LogP contribution in [0.25, 0.3) is 0 Å². The first kappa shape index (κ1) is 17.4. The molecule has 0 aliphatic carbocycles. The molecule has 3 rings (SSSR count). The molecule has 0 fully saturated rings. The van der Waals surface area contributed by atoms with Crippen LogP contribution in [0.2, 0.25) is 0 Å². The van der Waals surface area contributed by atoms with Gasteiger partial charge in [0, 0.05) is 24.3 Å². The third kappa shape index (κ3) is 3.67. The van der Waals surface area contributed by atoms with Crippen molar-refractivity contribution in [3.63, 3.8) is 0 Å². The van der Waals surface area contributed by atoms with Crippen LogP contribution in [0.15, 0.2) is 48.5 Å². The summed E-state index contributed by atoms with van der Waals surface area (Å²) in [6.07, 6.45) is 2.46. The molecular formula is C19H23ClN2O. The van der Waals surface area contributed by atoms with Crippen molar-refractivity contribution in [2.75, 3.05) is 17.2 Å². The lowest BCUT2D eigenvalue weighted by atomic mass is 9.95. The normalized spacial score (nSPS) is 14.6. The van der Waals surface area contributed by atoms with Crippen LogP contribution < -0.4 is 10.6 Å². The monoisotopic (exact) mass is 330 g/mol. The highest BCUT2D eigenvalue weighted by Crippen LogP contribution is 2.32. The van der Waals surface area contributed by atoms with Gasteiger partial charge in [0.2, 0.25) is 5.91 Å². The minimum absolute atomic E-state index is 0. The number of anilines is 2. The summed E-state index contributed by atoms with van der Waals surface area (Å²) in [6, 6.07) is 16.1. The lowest BCUT2D eigenvalue weighted by Gasteiger charge is -2.31. The van der Waals surface area contributed by atoms with Crippen LogP contribution in [-0.4, -0.2) is 12.5 Å². The fraction of sp³-hybridized carbons (Fsp3) is 0.316. The number of amides is 1. The van der Waals surface area contributed by atoms with E-state index in [2.05, 4.69) is 19.1 Å². The summed E-state index contributed by atoms with van der Waals surface area (Å²) in [5.41, 5.74) is 10.2. The molecule has 1 aliphatic heterocycles. The second kappa shape index (κ2) is 7.51. The number of nitrogens with two attached hydrogens (primary N) is 1. The number of carbonyl (C=O) groups is 1. The molecule has 1 heterocycles. The molecular weight excluding hydrogens is 308 g/mol. The zero-order chi connectivity index (χ0) is 15.5. The Morgan fingerprint density at radius 2 is 1.91 bits per heavy atom. The molecule has 2 aromatic carbocycles. The zero-order valence-electron chi connectivity index (χ0n) is 13.4. The summed E-state index contributed by atoms with van der Waals surface area (Å²) in [5, 5.41) is 0. The van der Waals surface area contributed by atoms with Crippen LogP contribution in [-0.2, 0) is 11.2 Å². The Bertz CT molecular complexity index is 672. The van der Waals surface area contributed by atoms with Gasteiger partial charge in [0.25, 0.3) is 0 Å². The molecule has 1 amide bonds. The number of halogens is 1. The van der Waals surface area contributed by atoms with Crippen molar-refractivity contribution in [2.45, 2.75) is 32.1 Å². The van der Waals surface area contributed by atoms with E-state index in [0.29, 0.717) is 6.42 Å². The van der Waals surface area contributed by atoms with Crippen molar-refractivity contribution in [2.24, 2.45) is 0 Å². The molecule has 0 spiro atoms. The zero-order valence-corrected chi connectivity index (χ0v) is 14.2. The minimum Gasteiger partial charge on any atom is -0.398 e. The maximum absolute atomic E-state index is 12.7. The van der Waals surface area contributed by atoms with Gasteiger partial charge in [0.1, 0.15) is 0 Å². The molecule has 1 unspecified atom stereocenters. The van der Waals surface area contributed by atoms with E-state index >= 15 is 0 Å². The molecule has 0 radical (unpaired) electrons. The number of benzene rings is 2. The number of rotatable bonds is 3. The maximum atomic E-state index is 12.7. The van der Waals surface area contributed by atoms with Gasteiger partial charge in [-0.15, -0.1) is 12.4 Å². The van der Waals surface area contributed by atoms with E-state index in [-0.39, 0.29) is 24.2 Å². The molecule has 2 aromatic rings. The van der Waals surface area contributed by atoms with Gasteiger partial charge in [-0.2, -0.15) is 0 Å². The van der Waals surface area contributed by atoms with E-state index in [9.17, 15) is 4.79 Å². The summed E-state index contributed by atoms with van der Waals surface area (Å²) in [5.74, 6) is 0.406. The summed E-state index contributed by atoms with van der Waals surface area (Å²) in [7, 11) is 0. The number of nitrogen functional groups attached to an aromatic ring is 1. The van der Waals surface area contributed by atoms with E-state index in [0.717, 1.165) is 36.3 Å². The highest BCUT2D eigenvalue weighted by molar-refractivity contribution is 5.95. The molecule has 1 atom stereocenters. The Labute approximate surface area is 143 Å². The van der Waals surface area contributed by atoms with E-state index in [4.69, 9.17) is 5.73 Å². The van der Waals surface area contributed by atoms with Crippen molar-refractivity contribution in [1.82, 2.24) is 0 Å². The fourth-order valence-corrected chi connectivity index (χ4v) is 3.18. The van der Waals surface area contributed by atoms with Gasteiger partial charge in [-0.3, -0.25) is 4.79 Å². The van der Waals surface area contributed by atoms with Gasteiger partial charge >= 0.3 is 0 Å². The third-order valence-electron chi connectivity index (χ3n) is 4.44. The topological polar surface area (TPSA) is 46.3 Å². The molecule has 4 heteroatoms. The average molecular weight is 331 g/mol. The Morgan fingerprint density at radius 3 is 2.65 bits per heavy atom. The standard InChI is InChI=1S/C19H22N2O.ClH/c1-14(15-7-3-2-4-8-15)13-19(22)21-12-6-9-16-17(20)10-5-11-18(16)21;/h2-5,7-8,10-11,14H,6,9,12-13,20H2,1H3;1H. The molecule has 3 nitrogen and oxygen atoms in total. The van der Waals surface area contributed by atoms with Crippen LogP contribution in [0, 0.1) is 0 Å². The summed E-state index contributed by atoms with van der Waals surface area (Å²) < 4.78 is 0. The molecule has 0 bridgehead atoms. The first-order valence-electron chi connectivity index (χ1n) is 7.89. The Kier molecular flexibility index (Phi) is 5.67. The predicted octanol–water partition coefficient (Wildman–Crippen LogP) is 4.16. The molecule has 0 saturated carbocycles. The smallest absolute Gasteiger partial charge is 0.227 e. The number of nitrogens with zero attached hydrogens (tertiary/aromatic N) is 1. The molecule has 0 aromatic heterocycles. The van der Waals surface area contributed by atoms with Crippen molar-refractivity contribution in [3.8, 4) is 0 Å². The second-order valence-electron chi connectivity index (χ2n) is 6.01. The highest BCUT2D eigenvalue weighted by atomic mass is 35.5. The fourth-order valence-electron chi connectivity index (χ4n) is 3.18. The van der Waals surface area contributed by atoms with Gasteiger partial charge in [0.15, 0.2) is 0 Å². The van der Waals surface area contributed by atoms with E-state index in [1.54, 1.807) is 0 Å². The van der Waals surface area contributed by atoms with Crippen LogP contribution in [0.4, 0.5) is 11.4 Å². The van der Waals surface area contributed by atoms with Crippen LogP contribution in [0.3, 0.4) is 0 Å². The lowest BCUT2D eigenvalue weighted by molar-refractivity contribution is -0.119. The van der Waals surface area contributed by atoms with Crippen molar-refractivity contribution in [3.05, 3.63) is 59.7 Å². The first-order valence-corrected chi connectivity index (χ1v) is 7.89. The number of hydrogen-bond donors (Lipinski definition) is 1. The van der Waals surface area contributed by atoms with Gasteiger partial charge in [0.05, 0.1) is 0 Å². The van der Waals surface area contributed by atoms with Crippen LogP contribution >= 0.6 is 12.4 Å². The number of hydrogen-bond acceptors (Lipinski definition) is 2.